The lowest BCUT2D eigenvalue weighted by Gasteiger charge is -2.11. The Hall–Kier alpha value is -2.51. The van der Waals surface area contributed by atoms with Crippen LogP contribution in [-0.4, -0.2) is 20.3 Å². The van der Waals surface area contributed by atoms with Gasteiger partial charge in [0.2, 0.25) is 0 Å². The van der Waals surface area contributed by atoms with Crippen LogP contribution in [0.5, 0.6) is 5.75 Å². The van der Waals surface area contributed by atoms with Gasteiger partial charge in [-0.3, -0.25) is 0 Å². The first-order chi connectivity index (χ1) is 13.1. The number of benzene rings is 2. The highest BCUT2D eigenvalue weighted by Crippen LogP contribution is 2.26. The Labute approximate surface area is 161 Å². The summed E-state index contributed by atoms with van der Waals surface area (Å²) in [6.45, 7) is 1.32. The molecule has 0 saturated carbocycles. The molecule has 7 heteroatoms. The topological polar surface area (TPSA) is 63.5 Å². The van der Waals surface area contributed by atoms with Crippen LogP contribution in [0, 0.1) is 6.92 Å². The van der Waals surface area contributed by atoms with Crippen molar-refractivity contribution in [2.45, 2.75) is 13.3 Å². The van der Waals surface area contributed by atoms with E-state index in [1.54, 1.807) is 12.1 Å². The molecule has 3 rings (SSSR count). The van der Waals surface area contributed by atoms with Crippen molar-refractivity contribution in [1.82, 2.24) is 4.72 Å². The first kappa shape index (κ1) is 19.3. The van der Waals surface area contributed by atoms with Gasteiger partial charge in [-0.25, -0.2) is 13.9 Å². The van der Waals surface area contributed by atoms with Gasteiger partial charge in [0, 0.05) is 41.3 Å². The fourth-order valence-corrected chi connectivity index (χ4v) is 3.23. The minimum atomic E-state index is -0.569. The summed E-state index contributed by atoms with van der Waals surface area (Å²) in [4.78, 5) is 12.5. The molecule has 27 heavy (non-hydrogen) atoms. The van der Waals surface area contributed by atoms with E-state index >= 15 is 0 Å². The van der Waals surface area contributed by atoms with Crippen LogP contribution >= 0.6 is 12.1 Å². The summed E-state index contributed by atoms with van der Waals surface area (Å²) in [6, 6.07) is 13.1. The molecule has 0 aliphatic carbocycles. The van der Waals surface area contributed by atoms with Crippen molar-refractivity contribution in [2.24, 2.45) is 0 Å². The predicted molar refractivity (Wildman–Crippen MR) is 108 cm³/mol. The molecule has 0 fully saturated rings. The van der Waals surface area contributed by atoms with Crippen LogP contribution in [0.25, 0.3) is 11.0 Å². The van der Waals surface area contributed by atoms with E-state index in [1.807, 2.05) is 44.3 Å². The summed E-state index contributed by atoms with van der Waals surface area (Å²) in [7, 11) is 1.83. The summed E-state index contributed by atoms with van der Waals surface area (Å²) in [5.41, 5.74) is 3.53. The zero-order chi connectivity index (χ0) is 19.2. The molecule has 0 amide bonds. The molecule has 142 valence electrons. The zero-order valence-corrected chi connectivity index (χ0v) is 16.0. The molecular weight excluding hydrogens is 367 g/mol. The summed E-state index contributed by atoms with van der Waals surface area (Å²) in [6.07, 6.45) is 0.476. The molecule has 0 aliphatic rings. The van der Waals surface area contributed by atoms with Crippen molar-refractivity contribution < 1.29 is 13.5 Å². The number of nitrogens with one attached hydrogen (secondary N) is 2. The molecule has 1 aromatic heterocycles. The van der Waals surface area contributed by atoms with Crippen LogP contribution in [0.3, 0.4) is 0 Å². The Morgan fingerprint density at radius 3 is 2.85 bits per heavy atom. The van der Waals surface area contributed by atoms with Crippen LogP contribution in [0.15, 0.2) is 51.7 Å². The summed E-state index contributed by atoms with van der Waals surface area (Å²) < 4.78 is 29.2. The Morgan fingerprint density at radius 2 is 2.07 bits per heavy atom. The summed E-state index contributed by atoms with van der Waals surface area (Å²) in [5, 5.41) is 0.845. The van der Waals surface area contributed by atoms with Gasteiger partial charge < -0.3 is 13.9 Å². The number of alkyl halides is 1. The number of anilines is 1. The lowest BCUT2D eigenvalue weighted by Crippen LogP contribution is -2.11. The first-order valence-electron chi connectivity index (χ1n) is 8.55. The second-order valence-corrected chi connectivity index (χ2v) is 6.79. The van der Waals surface area contributed by atoms with Crippen molar-refractivity contribution in [3.63, 3.8) is 0 Å². The number of fused-ring (bicyclic) bond motifs is 1. The van der Waals surface area contributed by atoms with Crippen molar-refractivity contribution in [3.05, 3.63) is 69.6 Å². The van der Waals surface area contributed by atoms with Gasteiger partial charge in [0.1, 0.15) is 24.6 Å². The normalized spacial score (nSPS) is 10.9. The molecular formula is C20H21FN2O3S. The van der Waals surface area contributed by atoms with E-state index in [0.29, 0.717) is 23.3 Å². The average Bonchev–Trinajstić information content (AvgIpc) is 2.68. The number of aryl methyl sites for hydroxylation is 1. The van der Waals surface area contributed by atoms with Crippen molar-refractivity contribution in [1.29, 1.82) is 0 Å². The van der Waals surface area contributed by atoms with Gasteiger partial charge in [0.25, 0.3) is 0 Å². The summed E-state index contributed by atoms with van der Waals surface area (Å²) in [5.74, 6) is 0.483. The maximum absolute atomic E-state index is 12.5. The fourth-order valence-electron chi connectivity index (χ4n) is 2.88. The molecule has 3 aromatic rings. The third kappa shape index (κ3) is 4.61. The minimum absolute atomic E-state index is 0.0248. The van der Waals surface area contributed by atoms with Gasteiger partial charge in [-0.05, 0) is 49.4 Å². The quantitative estimate of drug-likeness (QED) is 0.445. The van der Waals surface area contributed by atoms with Crippen LogP contribution in [0.2, 0.25) is 0 Å². The Morgan fingerprint density at radius 1 is 1.22 bits per heavy atom. The van der Waals surface area contributed by atoms with Gasteiger partial charge in [0.15, 0.2) is 0 Å². The molecule has 0 saturated heterocycles. The smallest absolute Gasteiger partial charge is 0.340 e. The van der Waals surface area contributed by atoms with Crippen LogP contribution in [-0.2, 0) is 6.42 Å². The van der Waals surface area contributed by atoms with Gasteiger partial charge in [0.05, 0.1) is 0 Å². The molecule has 5 nitrogen and oxygen atoms in total. The fraction of sp³-hybridized carbons (Fsp3) is 0.250. The third-order valence-electron chi connectivity index (χ3n) is 4.18. The highest BCUT2D eigenvalue weighted by Gasteiger charge is 2.13. The molecule has 0 unspecified atom stereocenters. The van der Waals surface area contributed by atoms with Gasteiger partial charge in [-0.15, -0.1) is 0 Å². The molecule has 0 bridgehead atoms. The second-order valence-electron chi connectivity index (χ2n) is 5.97. The number of hydrogen-bond acceptors (Lipinski definition) is 6. The van der Waals surface area contributed by atoms with Crippen LogP contribution in [0.4, 0.5) is 10.1 Å². The number of hydrogen-bond donors (Lipinski definition) is 2. The lowest BCUT2D eigenvalue weighted by atomic mass is 9.99. The molecule has 0 spiro atoms. The predicted octanol–water partition coefficient (Wildman–Crippen LogP) is 4.24. The van der Waals surface area contributed by atoms with E-state index in [2.05, 4.69) is 9.44 Å². The Balaban J connectivity index is 1.92. The summed E-state index contributed by atoms with van der Waals surface area (Å²) >= 11 is 1.38. The van der Waals surface area contributed by atoms with Gasteiger partial charge in [-0.1, -0.05) is 12.1 Å². The van der Waals surface area contributed by atoms with E-state index in [9.17, 15) is 9.18 Å². The van der Waals surface area contributed by atoms with E-state index < -0.39 is 6.67 Å². The average molecular weight is 388 g/mol. The van der Waals surface area contributed by atoms with E-state index in [1.165, 1.54) is 12.1 Å². The number of rotatable bonds is 8. The van der Waals surface area contributed by atoms with E-state index in [-0.39, 0.29) is 12.2 Å². The molecule has 2 N–H and O–H groups in total. The van der Waals surface area contributed by atoms with Crippen LogP contribution < -0.4 is 19.8 Å². The number of ether oxygens (including phenoxy) is 1. The Bertz CT molecular complexity index is 991. The molecule has 0 atom stereocenters. The van der Waals surface area contributed by atoms with Crippen LogP contribution in [0.1, 0.15) is 16.7 Å². The largest absolute Gasteiger partial charge is 0.491 e. The van der Waals surface area contributed by atoms with Crippen molar-refractivity contribution >= 4 is 28.8 Å². The second kappa shape index (κ2) is 8.92. The SMILES string of the molecule is CNSNc1cccc(Cc2c(C)c3ccc(OCCF)cc3oc2=O)c1. The lowest BCUT2D eigenvalue weighted by molar-refractivity contribution is 0.273. The highest BCUT2D eigenvalue weighted by atomic mass is 32.2. The molecule has 0 aliphatic heterocycles. The maximum Gasteiger partial charge on any atom is 0.340 e. The maximum atomic E-state index is 12.5. The van der Waals surface area contributed by atoms with Crippen molar-refractivity contribution in [2.75, 3.05) is 25.1 Å². The minimum Gasteiger partial charge on any atom is -0.491 e. The third-order valence-corrected chi connectivity index (χ3v) is 4.73. The highest BCUT2D eigenvalue weighted by molar-refractivity contribution is 7.98. The molecule has 2 aromatic carbocycles. The zero-order valence-electron chi connectivity index (χ0n) is 15.2. The Kier molecular flexibility index (Phi) is 6.36. The molecule has 0 radical (unpaired) electrons. The van der Waals surface area contributed by atoms with E-state index in [4.69, 9.17) is 9.15 Å². The number of halogens is 1. The van der Waals surface area contributed by atoms with Gasteiger partial charge >= 0.3 is 5.63 Å². The van der Waals surface area contributed by atoms with Crippen molar-refractivity contribution in [3.8, 4) is 5.75 Å². The first-order valence-corrected chi connectivity index (χ1v) is 9.36. The standard InChI is InChI=1S/C20H21FN2O3S/c1-13-17-7-6-16(25-9-8-21)12-19(17)26-20(24)18(13)11-14-4-3-5-15(10-14)23-27-22-2/h3-7,10,12,22-23H,8-9,11H2,1-2H3. The molecule has 1 heterocycles. The van der Waals surface area contributed by atoms with E-state index in [0.717, 1.165) is 22.2 Å². The van der Waals surface area contributed by atoms with Gasteiger partial charge in [-0.2, -0.15) is 0 Å². The monoisotopic (exact) mass is 388 g/mol.